The van der Waals surface area contributed by atoms with Crippen LogP contribution in [0.5, 0.6) is 0 Å². The van der Waals surface area contributed by atoms with E-state index in [0.717, 1.165) is 49.6 Å². The summed E-state index contributed by atoms with van der Waals surface area (Å²) in [6.07, 6.45) is 11.8. The third-order valence-electron chi connectivity index (χ3n) is 9.02. The number of thioether (sulfide) groups is 1. The number of aliphatic hydroxyl groups is 4. The number of anilines is 1. The van der Waals surface area contributed by atoms with Crippen molar-refractivity contribution in [2.75, 3.05) is 30.0 Å². The van der Waals surface area contributed by atoms with Crippen LogP contribution in [-0.2, 0) is 28.6 Å². The molecule has 1 aliphatic heterocycles. The number of rotatable bonds is 29. The Kier molecular flexibility index (Phi) is 24.0. The monoisotopic (exact) mass is 759 g/mol. The van der Waals surface area contributed by atoms with E-state index in [1.807, 2.05) is 0 Å². The van der Waals surface area contributed by atoms with E-state index in [9.17, 15) is 34.8 Å². The van der Waals surface area contributed by atoms with Gasteiger partial charge in [-0.05, 0) is 12.8 Å². The first-order valence-electron chi connectivity index (χ1n) is 19.3. The van der Waals surface area contributed by atoms with E-state index in [1.165, 1.54) is 75.7 Å². The molecule has 300 valence electrons. The van der Waals surface area contributed by atoms with Crippen LogP contribution in [0.15, 0.2) is 6.20 Å². The van der Waals surface area contributed by atoms with Crippen LogP contribution in [0.25, 0.3) is 0 Å². The predicted octanol–water partition coefficient (Wildman–Crippen LogP) is 3.77. The van der Waals surface area contributed by atoms with Crippen LogP contribution in [0.1, 0.15) is 136 Å². The Balaban J connectivity index is 1.82. The molecular formula is C36H65N5O10S. The molecule has 2 rings (SSSR count). The Morgan fingerprint density at radius 3 is 1.98 bits per heavy atom. The number of nitrogens with one attached hydrogen (secondary N) is 1. The molecule has 1 aliphatic rings. The van der Waals surface area contributed by atoms with Crippen molar-refractivity contribution < 1.29 is 49.0 Å². The number of nitrogens with zero attached hydrogens (tertiary/aromatic N) is 3. The van der Waals surface area contributed by atoms with Gasteiger partial charge in [0.25, 0.3) is 0 Å². The third-order valence-corrected chi connectivity index (χ3v) is 10.2. The quantitative estimate of drug-likeness (QED) is 0.0505. The van der Waals surface area contributed by atoms with Gasteiger partial charge in [-0.3, -0.25) is 14.4 Å². The van der Waals surface area contributed by atoms with Crippen LogP contribution in [0.3, 0.4) is 0 Å². The van der Waals surface area contributed by atoms with E-state index in [0.29, 0.717) is 6.42 Å². The van der Waals surface area contributed by atoms with E-state index < -0.39 is 55.3 Å². The van der Waals surface area contributed by atoms with Gasteiger partial charge in [0.05, 0.1) is 18.8 Å². The van der Waals surface area contributed by atoms with E-state index in [-0.39, 0.29) is 42.3 Å². The summed E-state index contributed by atoms with van der Waals surface area (Å²) in [4.78, 5) is 38.0. The van der Waals surface area contributed by atoms with Crippen LogP contribution in [0, 0.1) is 0 Å². The van der Waals surface area contributed by atoms with Gasteiger partial charge < -0.3 is 45.7 Å². The molecule has 0 radical (unpaired) electrons. The highest BCUT2D eigenvalue weighted by molar-refractivity contribution is 7.99. The van der Waals surface area contributed by atoms with Gasteiger partial charge in [0, 0.05) is 24.3 Å². The molecule has 0 aromatic carbocycles. The number of hydrogen-bond donors (Lipinski definition) is 6. The molecule has 15 nitrogen and oxygen atoms in total. The van der Waals surface area contributed by atoms with Gasteiger partial charge in [-0.2, -0.15) is 11.8 Å². The van der Waals surface area contributed by atoms with Crippen molar-refractivity contribution in [3.8, 4) is 0 Å². The number of amides is 1. The highest BCUT2D eigenvalue weighted by atomic mass is 32.2. The first-order valence-corrected chi connectivity index (χ1v) is 20.5. The molecule has 16 heteroatoms. The molecule has 1 fully saturated rings. The molecule has 0 aliphatic carbocycles. The minimum Gasteiger partial charge on any atom is -0.462 e. The number of aliphatic hydroxyl groups excluding tert-OH is 4. The first kappa shape index (κ1) is 45.8. The van der Waals surface area contributed by atoms with Crippen LogP contribution in [0.2, 0.25) is 0 Å². The predicted molar refractivity (Wildman–Crippen MR) is 198 cm³/mol. The lowest BCUT2D eigenvalue weighted by molar-refractivity contribution is -0.254. The second-order valence-electron chi connectivity index (χ2n) is 13.7. The largest absolute Gasteiger partial charge is 0.462 e. The van der Waals surface area contributed by atoms with Crippen molar-refractivity contribution in [2.45, 2.75) is 172 Å². The average molecular weight is 760 g/mol. The topological polar surface area (TPSA) is 229 Å². The lowest BCUT2D eigenvalue weighted by Crippen LogP contribution is -2.56. The summed E-state index contributed by atoms with van der Waals surface area (Å²) in [7, 11) is 0. The summed E-state index contributed by atoms with van der Waals surface area (Å²) in [6, 6.07) is -0.986. The number of aromatic nitrogens is 3. The van der Waals surface area contributed by atoms with Crippen LogP contribution in [0.4, 0.5) is 5.82 Å². The van der Waals surface area contributed by atoms with Gasteiger partial charge in [-0.15, -0.1) is 5.10 Å². The normalized spacial score (nSPS) is 21.4. The molecule has 7 N–H and O–H groups in total. The van der Waals surface area contributed by atoms with Gasteiger partial charge >= 0.3 is 11.9 Å². The SMILES string of the molecule is CCCCCCCCCCC(=O)OC[C@H](CSC[C@@H](N)C(=O)Nc1cn(C2OC(CO)C(O)C(O)C2O)nn1)OC(=O)CCCCCCCCCC. The first-order chi connectivity index (χ1) is 25.1. The van der Waals surface area contributed by atoms with Crippen molar-refractivity contribution in [3.05, 3.63) is 6.20 Å². The second kappa shape index (κ2) is 27.3. The minimum absolute atomic E-state index is 0.00131. The number of nitrogens with two attached hydrogens (primary N) is 1. The summed E-state index contributed by atoms with van der Waals surface area (Å²) in [5.74, 6) is -0.826. The minimum atomic E-state index is -1.60. The zero-order valence-corrected chi connectivity index (χ0v) is 32.1. The summed E-state index contributed by atoms with van der Waals surface area (Å²) in [5.41, 5.74) is 6.13. The third kappa shape index (κ3) is 18.1. The number of ether oxygens (including phenoxy) is 3. The Morgan fingerprint density at radius 1 is 0.846 bits per heavy atom. The van der Waals surface area contributed by atoms with Gasteiger partial charge in [0.1, 0.15) is 37.1 Å². The Labute approximate surface area is 313 Å². The van der Waals surface area contributed by atoms with Crippen LogP contribution in [-0.4, -0.2) is 115 Å². The molecule has 0 saturated carbocycles. The zero-order valence-electron chi connectivity index (χ0n) is 31.2. The van der Waals surface area contributed by atoms with E-state index >= 15 is 0 Å². The molecule has 5 unspecified atom stereocenters. The van der Waals surface area contributed by atoms with Crippen LogP contribution < -0.4 is 11.1 Å². The number of esters is 2. The molecule has 1 amide bonds. The van der Waals surface area contributed by atoms with Crippen molar-refractivity contribution in [1.82, 2.24) is 15.0 Å². The summed E-state index contributed by atoms with van der Waals surface area (Å²) < 4.78 is 17.7. The molecule has 7 atom stereocenters. The highest BCUT2D eigenvalue weighted by Gasteiger charge is 2.44. The maximum atomic E-state index is 12.8. The average Bonchev–Trinajstić information content (AvgIpc) is 3.59. The van der Waals surface area contributed by atoms with Crippen molar-refractivity contribution >= 4 is 35.4 Å². The lowest BCUT2D eigenvalue weighted by Gasteiger charge is -2.39. The fourth-order valence-electron chi connectivity index (χ4n) is 5.81. The molecule has 1 saturated heterocycles. The van der Waals surface area contributed by atoms with Crippen LogP contribution >= 0.6 is 11.8 Å². The maximum Gasteiger partial charge on any atom is 0.306 e. The Morgan fingerprint density at radius 2 is 1.40 bits per heavy atom. The van der Waals surface area contributed by atoms with Crippen molar-refractivity contribution in [2.24, 2.45) is 5.73 Å². The second-order valence-corrected chi connectivity index (χ2v) is 14.8. The van der Waals surface area contributed by atoms with E-state index in [1.54, 1.807) is 0 Å². The standard InChI is InChI=1S/C36H65N5O10S/c1-3-5-7-9-11-13-15-17-19-30(43)49-23-26(50-31(44)20-18-16-14-12-10-8-6-4-2)24-52-25-27(37)35(48)38-29-21-41(40-39-29)36-34(47)33(46)32(45)28(22-42)51-36/h21,26-28,32-34,36,42,45-47H,3-20,22-25,37H2,1-2H3,(H,38,48)/t26-,27-,28?,32?,33?,34?,36?/m1/s1. The molecule has 1 aromatic rings. The molecule has 52 heavy (non-hydrogen) atoms. The number of unbranched alkanes of at least 4 members (excludes halogenated alkanes) is 14. The number of carbonyl (C=O) groups excluding carboxylic acids is 3. The van der Waals surface area contributed by atoms with Crippen molar-refractivity contribution in [1.29, 1.82) is 0 Å². The van der Waals surface area contributed by atoms with E-state index in [4.69, 9.17) is 19.9 Å². The Bertz CT molecular complexity index is 1130. The zero-order chi connectivity index (χ0) is 38.1. The van der Waals surface area contributed by atoms with Crippen molar-refractivity contribution in [3.63, 3.8) is 0 Å². The van der Waals surface area contributed by atoms with Gasteiger partial charge in [-0.25, -0.2) is 4.68 Å². The molecule has 0 spiro atoms. The van der Waals surface area contributed by atoms with Gasteiger partial charge in [0.15, 0.2) is 12.0 Å². The fraction of sp³-hybridized carbons (Fsp3) is 0.861. The molecule has 0 bridgehead atoms. The number of carbonyl (C=O) groups is 3. The number of hydrogen-bond acceptors (Lipinski definition) is 14. The highest BCUT2D eigenvalue weighted by Crippen LogP contribution is 2.28. The Hall–Kier alpha value is -2.34. The summed E-state index contributed by atoms with van der Waals surface area (Å²) in [5, 5.41) is 50.0. The lowest BCUT2D eigenvalue weighted by atomic mass is 9.98. The van der Waals surface area contributed by atoms with E-state index in [2.05, 4.69) is 29.5 Å². The summed E-state index contributed by atoms with van der Waals surface area (Å²) >= 11 is 1.28. The molecular weight excluding hydrogens is 694 g/mol. The van der Waals surface area contributed by atoms with Gasteiger partial charge in [-0.1, -0.05) is 109 Å². The molecule has 1 aromatic heterocycles. The maximum absolute atomic E-state index is 12.8. The smallest absolute Gasteiger partial charge is 0.306 e. The molecule has 2 heterocycles. The summed E-state index contributed by atoms with van der Waals surface area (Å²) in [6.45, 7) is 3.71. The fourth-order valence-corrected chi connectivity index (χ4v) is 6.77. The van der Waals surface area contributed by atoms with Gasteiger partial charge in [0.2, 0.25) is 5.91 Å².